The lowest BCUT2D eigenvalue weighted by atomic mass is 9.98. The van der Waals surface area contributed by atoms with E-state index >= 15 is 0 Å². The van der Waals surface area contributed by atoms with E-state index in [4.69, 9.17) is 5.73 Å². The summed E-state index contributed by atoms with van der Waals surface area (Å²) in [6, 6.07) is 14.6. The summed E-state index contributed by atoms with van der Waals surface area (Å²) in [5.41, 5.74) is 9.70. The molecule has 3 aromatic rings. The molecule has 0 bridgehead atoms. The maximum atomic E-state index is 12.5. The molecule has 176 valence electrons. The van der Waals surface area contributed by atoms with Gasteiger partial charge >= 0.3 is 0 Å². The molecule has 0 radical (unpaired) electrons. The van der Waals surface area contributed by atoms with E-state index in [1.54, 1.807) is 29.2 Å². The van der Waals surface area contributed by atoms with Crippen molar-refractivity contribution in [3.63, 3.8) is 0 Å². The highest BCUT2D eigenvalue weighted by Gasteiger charge is 2.26. The van der Waals surface area contributed by atoms with E-state index in [2.05, 4.69) is 21.4 Å². The Bertz CT molecular complexity index is 1170. The van der Waals surface area contributed by atoms with Crippen molar-refractivity contribution in [1.29, 1.82) is 0 Å². The molecule has 0 saturated carbocycles. The Morgan fingerprint density at radius 2 is 1.73 bits per heavy atom. The first-order valence-corrected chi connectivity index (χ1v) is 9.90. The predicted octanol–water partition coefficient (Wildman–Crippen LogP) is 3.76. The summed E-state index contributed by atoms with van der Waals surface area (Å²) in [6.45, 7) is 2.25. The van der Waals surface area contributed by atoms with Gasteiger partial charge in [-0.15, -0.1) is 37.2 Å². The number of carbonyl (C=O) groups excluding carboxylic acids is 2. The zero-order valence-corrected chi connectivity index (χ0v) is 20.3. The van der Waals surface area contributed by atoms with Gasteiger partial charge in [-0.05, 0) is 54.4 Å². The van der Waals surface area contributed by atoms with Gasteiger partial charge in [0.05, 0.1) is 6.54 Å². The van der Waals surface area contributed by atoms with E-state index in [1.807, 2.05) is 29.9 Å². The highest BCUT2D eigenvalue weighted by Crippen LogP contribution is 2.34. The normalized spacial score (nSPS) is 13.8. The monoisotopic (exact) mass is 510 g/mol. The molecule has 2 aliphatic heterocycles. The molecule has 5 rings (SSSR count). The van der Waals surface area contributed by atoms with Gasteiger partial charge in [0.1, 0.15) is 5.82 Å². The van der Waals surface area contributed by atoms with E-state index in [1.165, 1.54) is 0 Å². The fourth-order valence-corrected chi connectivity index (χ4v) is 4.00. The molecule has 0 atom stereocenters. The number of nitrogen functional groups attached to an aromatic ring is 1. The summed E-state index contributed by atoms with van der Waals surface area (Å²) in [5, 5.41) is 7.37. The highest BCUT2D eigenvalue weighted by atomic mass is 35.5. The van der Waals surface area contributed by atoms with Gasteiger partial charge in [0.25, 0.3) is 11.8 Å². The second-order valence-corrected chi connectivity index (χ2v) is 7.66. The molecule has 0 fully saturated rings. The number of nitrogens with one attached hydrogen (secondary N) is 1. The minimum Gasteiger partial charge on any atom is -0.399 e. The minimum absolute atomic E-state index is 0. The van der Waals surface area contributed by atoms with Crippen LogP contribution in [-0.2, 0) is 13.0 Å². The molecule has 0 spiro atoms. The van der Waals surface area contributed by atoms with Crippen molar-refractivity contribution in [2.75, 3.05) is 36.1 Å². The minimum atomic E-state index is -0.227. The fraction of sp³-hybridized carbons (Fsp3) is 0.227. The summed E-state index contributed by atoms with van der Waals surface area (Å²) >= 11 is 0. The lowest BCUT2D eigenvalue weighted by Crippen LogP contribution is -2.34. The Morgan fingerprint density at radius 1 is 1.00 bits per heavy atom. The summed E-state index contributed by atoms with van der Waals surface area (Å²) < 4.78 is 1.89. The average molecular weight is 512 g/mol. The van der Waals surface area contributed by atoms with E-state index in [0.29, 0.717) is 17.1 Å². The molecule has 2 aromatic carbocycles. The van der Waals surface area contributed by atoms with Crippen molar-refractivity contribution in [3.05, 3.63) is 65.2 Å². The Balaban J connectivity index is 0.00000128. The third-order valence-electron chi connectivity index (χ3n) is 5.68. The van der Waals surface area contributed by atoms with Gasteiger partial charge in [-0.3, -0.25) is 9.59 Å². The molecule has 1 aromatic heterocycles. The molecule has 3 heterocycles. The van der Waals surface area contributed by atoms with Crippen LogP contribution in [0.3, 0.4) is 0 Å². The van der Waals surface area contributed by atoms with Crippen LogP contribution >= 0.6 is 37.2 Å². The Kier molecular flexibility index (Phi) is 8.24. The summed E-state index contributed by atoms with van der Waals surface area (Å²) in [5.74, 6) is 1.27. The number of amides is 2. The number of nitrogens with zero attached hydrogens (tertiary/aromatic N) is 4. The lowest BCUT2D eigenvalue weighted by molar-refractivity contribution is 0.0780. The van der Waals surface area contributed by atoms with Gasteiger partial charge in [-0.1, -0.05) is 0 Å². The number of halogens is 3. The second-order valence-electron chi connectivity index (χ2n) is 7.66. The van der Waals surface area contributed by atoms with Crippen molar-refractivity contribution < 1.29 is 9.59 Å². The van der Waals surface area contributed by atoms with Crippen LogP contribution in [0.2, 0.25) is 0 Å². The van der Waals surface area contributed by atoms with Gasteiger partial charge < -0.3 is 20.9 Å². The number of hydrogen-bond acceptors (Lipinski definition) is 5. The quantitative estimate of drug-likeness (QED) is 0.522. The van der Waals surface area contributed by atoms with Crippen LogP contribution in [0.25, 0.3) is 0 Å². The molecule has 8 nitrogen and oxygen atoms in total. The number of carbonyl (C=O) groups is 2. The maximum Gasteiger partial charge on any atom is 0.256 e. The molecule has 0 saturated heterocycles. The van der Waals surface area contributed by atoms with Crippen LogP contribution in [0.5, 0.6) is 0 Å². The first-order chi connectivity index (χ1) is 14.5. The molecular formula is C22H25Cl3N6O2. The van der Waals surface area contributed by atoms with Crippen LogP contribution in [0.4, 0.5) is 23.0 Å². The number of benzene rings is 2. The maximum absolute atomic E-state index is 12.5. The molecule has 0 unspecified atom stereocenters. The van der Waals surface area contributed by atoms with E-state index < -0.39 is 0 Å². The molecule has 2 amide bonds. The molecule has 0 aliphatic carbocycles. The smallest absolute Gasteiger partial charge is 0.256 e. The number of nitrogens with two attached hydrogens (primary N) is 1. The number of aromatic nitrogens is 2. The zero-order chi connectivity index (χ0) is 20.8. The number of fused-ring (bicyclic) bond motifs is 2. The second kappa shape index (κ2) is 10.3. The summed E-state index contributed by atoms with van der Waals surface area (Å²) in [7, 11) is 1.83. The van der Waals surface area contributed by atoms with Crippen LogP contribution in [0.15, 0.2) is 48.5 Å². The SMILES string of the molecule is CN1CCc2cc(N3CCn4nc(NC(=O)c5ccc(N)cc5)cc43)ccc2C1=O.Cl.Cl.Cl. The third kappa shape index (κ3) is 4.88. The molecular weight excluding hydrogens is 487 g/mol. The highest BCUT2D eigenvalue weighted by molar-refractivity contribution is 6.04. The van der Waals surface area contributed by atoms with Crippen LogP contribution in [0, 0.1) is 0 Å². The Morgan fingerprint density at radius 3 is 2.45 bits per heavy atom. The van der Waals surface area contributed by atoms with Crippen molar-refractivity contribution in [2.24, 2.45) is 0 Å². The topological polar surface area (TPSA) is 96.5 Å². The molecule has 33 heavy (non-hydrogen) atoms. The van der Waals surface area contributed by atoms with Crippen molar-refractivity contribution in [1.82, 2.24) is 14.7 Å². The van der Waals surface area contributed by atoms with E-state index in [0.717, 1.165) is 48.7 Å². The van der Waals surface area contributed by atoms with E-state index in [9.17, 15) is 9.59 Å². The van der Waals surface area contributed by atoms with Crippen LogP contribution < -0.4 is 16.0 Å². The summed E-state index contributed by atoms with van der Waals surface area (Å²) in [6.07, 6.45) is 0.849. The van der Waals surface area contributed by atoms with Gasteiger partial charge in [0, 0.05) is 48.7 Å². The number of likely N-dealkylation sites (N-methyl/N-ethyl adjacent to an activating group) is 1. The largest absolute Gasteiger partial charge is 0.399 e. The van der Waals surface area contributed by atoms with E-state index in [-0.39, 0.29) is 49.0 Å². The molecule has 11 heteroatoms. The molecule has 3 N–H and O–H groups in total. The van der Waals surface area contributed by atoms with Crippen molar-refractivity contribution >= 4 is 72.0 Å². The first kappa shape index (κ1) is 26.3. The number of hydrogen-bond donors (Lipinski definition) is 2. The fourth-order valence-electron chi connectivity index (χ4n) is 4.00. The Hall–Kier alpha value is -2.94. The van der Waals surface area contributed by atoms with Gasteiger partial charge in [-0.2, -0.15) is 5.10 Å². The van der Waals surface area contributed by atoms with Crippen LogP contribution in [-0.4, -0.2) is 46.6 Å². The van der Waals surface area contributed by atoms with Crippen LogP contribution in [0.1, 0.15) is 26.3 Å². The standard InChI is InChI=1S/C22H22N6O2.3ClH/c1-26-9-8-15-12-17(6-7-18(15)22(26)30)27-10-11-28-20(27)13-19(25-28)24-21(29)14-2-4-16(23)5-3-14;;;/h2-7,12-13H,8-11,23H2,1H3,(H,24,25,29);3*1H. The summed E-state index contributed by atoms with van der Waals surface area (Å²) in [4.78, 5) is 28.7. The van der Waals surface area contributed by atoms with Crippen molar-refractivity contribution in [2.45, 2.75) is 13.0 Å². The lowest BCUT2D eigenvalue weighted by Gasteiger charge is -2.26. The first-order valence-electron chi connectivity index (χ1n) is 9.90. The zero-order valence-electron chi connectivity index (χ0n) is 17.9. The number of rotatable bonds is 3. The van der Waals surface area contributed by atoms with Crippen molar-refractivity contribution in [3.8, 4) is 0 Å². The Labute approximate surface area is 210 Å². The number of anilines is 4. The molecule has 2 aliphatic rings. The van der Waals surface area contributed by atoms with Gasteiger partial charge in [-0.25, -0.2) is 4.68 Å². The van der Waals surface area contributed by atoms with Gasteiger partial charge in [0.2, 0.25) is 0 Å². The average Bonchev–Trinajstić information content (AvgIpc) is 3.31. The predicted molar refractivity (Wildman–Crippen MR) is 137 cm³/mol. The third-order valence-corrected chi connectivity index (χ3v) is 5.68. The van der Waals surface area contributed by atoms with Gasteiger partial charge in [0.15, 0.2) is 5.82 Å².